The molecule has 0 radical (unpaired) electrons. The number of carbonyl (C=O) groups excluding carboxylic acids is 3. The fourth-order valence-electron chi connectivity index (χ4n) is 3.56. The van der Waals surface area contributed by atoms with Crippen LogP contribution >= 0.6 is 11.8 Å². The maximum Gasteiger partial charge on any atom is 0.294 e. The number of piperidine rings is 1. The smallest absolute Gasteiger partial charge is 0.294 e. The molecule has 3 amide bonds. The zero-order valence-electron chi connectivity index (χ0n) is 14.0. The number of likely N-dealkylation sites (tertiary alicyclic amines) is 1. The molecule has 7 heteroatoms. The normalized spacial score (nSPS) is 24.4. The number of imide groups is 1. The van der Waals surface area contributed by atoms with Gasteiger partial charge >= 0.3 is 0 Å². The van der Waals surface area contributed by atoms with Gasteiger partial charge < -0.3 is 4.90 Å². The van der Waals surface area contributed by atoms with E-state index in [1.807, 2.05) is 24.3 Å². The first-order valence-corrected chi connectivity index (χ1v) is 9.27. The van der Waals surface area contributed by atoms with Crippen molar-refractivity contribution < 1.29 is 14.4 Å². The van der Waals surface area contributed by atoms with E-state index in [-0.39, 0.29) is 22.0 Å². The summed E-state index contributed by atoms with van der Waals surface area (Å²) in [5, 5.41) is -0.294. The van der Waals surface area contributed by atoms with Gasteiger partial charge in [-0.05, 0) is 43.8 Å². The number of nitrogens with zero attached hydrogens (tertiary/aromatic N) is 3. The molecule has 1 aromatic carbocycles. The van der Waals surface area contributed by atoms with Crippen LogP contribution in [0.1, 0.15) is 24.8 Å². The van der Waals surface area contributed by atoms with Crippen molar-refractivity contribution in [3.63, 3.8) is 0 Å². The number of amides is 3. The van der Waals surface area contributed by atoms with Gasteiger partial charge in [-0.1, -0.05) is 24.6 Å². The first-order chi connectivity index (χ1) is 12.1. The van der Waals surface area contributed by atoms with Gasteiger partial charge in [0.25, 0.3) is 17.1 Å². The zero-order chi connectivity index (χ0) is 17.6. The number of carbonyl (C=O) groups is 3. The fourth-order valence-corrected chi connectivity index (χ4v) is 4.48. The first-order valence-electron chi connectivity index (χ1n) is 8.45. The Bertz CT molecular complexity index is 799. The molecule has 0 spiro atoms. The molecule has 25 heavy (non-hydrogen) atoms. The molecule has 0 aromatic heterocycles. The molecule has 0 bridgehead atoms. The second-order valence-electron chi connectivity index (χ2n) is 6.51. The Morgan fingerprint density at radius 3 is 2.48 bits per heavy atom. The summed E-state index contributed by atoms with van der Waals surface area (Å²) in [6.45, 7) is 2.11. The van der Waals surface area contributed by atoms with Gasteiger partial charge in [0.15, 0.2) is 0 Å². The van der Waals surface area contributed by atoms with Crippen LogP contribution in [0.25, 0.3) is 5.57 Å². The maximum absolute atomic E-state index is 12.9. The molecule has 2 fully saturated rings. The highest BCUT2D eigenvalue weighted by Crippen LogP contribution is 2.43. The van der Waals surface area contributed by atoms with Crippen molar-refractivity contribution in [2.75, 3.05) is 31.7 Å². The lowest BCUT2D eigenvalue weighted by atomic mass is 10.1. The van der Waals surface area contributed by atoms with Crippen molar-refractivity contribution >= 4 is 40.1 Å². The highest BCUT2D eigenvalue weighted by molar-refractivity contribution is 8.18. The molecular formula is C18H19N3O3S. The molecule has 0 unspecified atom stereocenters. The summed E-state index contributed by atoms with van der Waals surface area (Å²) in [6, 6.07) is 7.36. The Hall–Kier alpha value is -2.12. The minimum absolute atomic E-state index is 0.232. The van der Waals surface area contributed by atoms with Crippen LogP contribution in [-0.2, 0) is 9.59 Å². The number of para-hydroxylation sites is 1. The molecule has 0 aliphatic carbocycles. The summed E-state index contributed by atoms with van der Waals surface area (Å²) in [5.74, 6) is -0.585. The lowest BCUT2D eigenvalue weighted by Gasteiger charge is -2.29. The molecule has 1 aromatic rings. The Labute approximate surface area is 150 Å². The van der Waals surface area contributed by atoms with Gasteiger partial charge in [0.2, 0.25) is 0 Å². The predicted octanol–water partition coefficient (Wildman–Crippen LogP) is 2.51. The molecule has 3 aliphatic heterocycles. The lowest BCUT2D eigenvalue weighted by Crippen LogP contribution is -2.42. The average molecular weight is 357 g/mol. The minimum Gasteiger partial charge on any atom is -0.311 e. The largest absolute Gasteiger partial charge is 0.311 e. The molecule has 6 nitrogen and oxygen atoms in total. The third-order valence-corrected chi connectivity index (χ3v) is 5.90. The second kappa shape index (κ2) is 6.31. The van der Waals surface area contributed by atoms with E-state index in [1.54, 1.807) is 7.05 Å². The summed E-state index contributed by atoms with van der Waals surface area (Å²) in [5.41, 5.74) is 1.84. The average Bonchev–Trinajstić information content (AvgIpc) is 3.04. The van der Waals surface area contributed by atoms with Crippen LogP contribution in [0, 0.1) is 0 Å². The van der Waals surface area contributed by atoms with Gasteiger partial charge in [0, 0.05) is 12.6 Å². The van der Waals surface area contributed by atoms with Gasteiger partial charge in [-0.2, -0.15) is 0 Å². The molecule has 0 atom stereocenters. The second-order valence-corrected chi connectivity index (χ2v) is 7.47. The first kappa shape index (κ1) is 16.4. The van der Waals surface area contributed by atoms with Crippen molar-refractivity contribution in [3.8, 4) is 0 Å². The zero-order valence-corrected chi connectivity index (χ0v) is 14.8. The van der Waals surface area contributed by atoms with Crippen LogP contribution in [0.4, 0.5) is 10.5 Å². The van der Waals surface area contributed by atoms with Crippen molar-refractivity contribution in [1.29, 1.82) is 0 Å². The van der Waals surface area contributed by atoms with Crippen LogP contribution in [0.2, 0.25) is 0 Å². The monoisotopic (exact) mass is 357 g/mol. The highest BCUT2D eigenvalue weighted by Gasteiger charge is 2.43. The van der Waals surface area contributed by atoms with E-state index in [9.17, 15) is 14.4 Å². The van der Waals surface area contributed by atoms with Crippen molar-refractivity contribution in [3.05, 3.63) is 34.7 Å². The van der Waals surface area contributed by atoms with E-state index in [0.717, 1.165) is 48.9 Å². The van der Waals surface area contributed by atoms with E-state index in [2.05, 4.69) is 4.90 Å². The number of anilines is 1. The number of hydrogen-bond acceptors (Lipinski definition) is 5. The summed E-state index contributed by atoms with van der Waals surface area (Å²) in [6.07, 6.45) is 3.38. The topological polar surface area (TPSA) is 60.9 Å². The number of benzene rings is 1. The number of fused-ring (bicyclic) bond motifs is 1. The molecule has 4 rings (SSSR count). The van der Waals surface area contributed by atoms with Crippen LogP contribution in [0.3, 0.4) is 0 Å². The van der Waals surface area contributed by atoms with E-state index in [0.29, 0.717) is 12.2 Å². The van der Waals surface area contributed by atoms with Crippen LogP contribution in [-0.4, -0.2) is 53.7 Å². The quantitative estimate of drug-likeness (QED) is 0.761. The van der Waals surface area contributed by atoms with E-state index in [4.69, 9.17) is 0 Å². The minimum atomic E-state index is -0.353. The summed E-state index contributed by atoms with van der Waals surface area (Å²) >= 11 is 0.880. The summed E-state index contributed by atoms with van der Waals surface area (Å²) in [7, 11) is 1.69. The van der Waals surface area contributed by atoms with Crippen LogP contribution in [0.15, 0.2) is 29.2 Å². The van der Waals surface area contributed by atoms with Gasteiger partial charge in [0.05, 0.1) is 22.8 Å². The number of rotatable bonds is 2. The van der Waals surface area contributed by atoms with E-state index < -0.39 is 0 Å². The predicted molar refractivity (Wildman–Crippen MR) is 96.9 cm³/mol. The summed E-state index contributed by atoms with van der Waals surface area (Å²) < 4.78 is 0. The van der Waals surface area contributed by atoms with Gasteiger partial charge in [-0.3, -0.25) is 24.2 Å². The molecule has 0 N–H and O–H groups in total. The fraction of sp³-hybridized carbons (Fsp3) is 0.389. The Kier molecular flexibility index (Phi) is 4.13. The SMILES string of the molecule is CN1C(=O)/C(=C2\SC(=O)N(CN3CCCCC3)C2=O)c2ccccc21. The Morgan fingerprint density at radius 2 is 1.72 bits per heavy atom. The Morgan fingerprint density at radius 1 is 1.00 bits per heavy atom. The molecule has 2 saturated heterocycles. The molecule has 130 valence electrons. The number of likely N-dealkylation sites (N-methyl/N-ethyl adjacent to an activating group) is 1. The molecule has 3 heterocycles. The van der Waals surface area contributed by atoms with Gasteiger partial charge in [0.1, 0.15) is 0 Å². The van der Waals surface area contributed by atoms with Gasteiger partial charge in [-0.15, -0.1) is 0 Å². The highest BCUT2D eigenvalue weighted by atomic mass is 32.2. The number of thioether (sulfide) groups is 1. The Balaban J connectivity index is 1.67. The molecule has 3 aliphatic rings. The van der Waals surface area contributed by atoms with Crippen molar-refractivity contribution in [2.24, 2.45) is 0 Å². The van der Waals surface area contributed by atoms with Crippen LogP contribution < -0.4 is 4.90 Å². The number of hydrogen-bond donors (Lipinski definition) is 0. The third kappa shape index (κ3) is 2.67. The van der Waals surface area contributed by atoms with Gasteiger partial charge in [-0.25, -0.2) is 0 Å². The standard InChI is InChI=1S/C18H19N3O3S/c1-19-13-8-4-3-7-12(13)14(16(19)22)15-17(23)21(18(24)25-15)11-20-9-5-2-6-10-20/h3-4,7-8H,2,5-6,9-11H2,1H3/b15-14-. The van der Waals surface area contributed by atoms with E-state index >= 15 is 0 Å². The van der Waals surface area contributed by atoms with E-state index in [1.165, 1.54) is 16.2 Å². The molecular weight excluding hydrogens is 338 g/mol. The van der Waals surface area contributed by atoms with Crippen LogP contribution in [0.5, 0.6) is 0 Å². The maximum atomic E-state index is 12.9. The lowest BCUT2D eigenvalue weighted by molar-refractivity contribution is -0.124. The van der Waals surface area contributed by atoms with Crippen molar-refractivity contribution in [1.82, 2.24) is 9.80 Å². The third-order valence-electron chi connectivity index (χ3n) is 4.92. The molecule has 0 saturated carbocycles. The van der Waals surface area contributed by atoms with Crippen molar-refractivity contribution in [2.45, 2.75) is 19.3 Å². The summed E-state index contributed by atoms with van der Waals surface area (Å²) in [4.78, 5) is 43.1.